The van der Waals surface area contributed by atoms with Gasteiger partial charge in [0.25, 0.3) is 5.91 Å². The Kier molecular flexibility index (Phi) is 5.35. The molecule has 8 heteroatoms. The first-order valence-electron chi connectivity index (χ1n) is 9.59. The van der Waals surface area contributed by atoms with E-state index in [4.69, 9.17) is 10.5 Å². The number of aromatic nitrogens is 3. The Morgan fingerprint density at radius 2 is 1.97 bits per heavy atom. The zero-order valence-electron chi connectivity index (χ0n) is 16.1. The lowest BCUT2D eigenvalue weighted by Crippen LogP contribution is -2.32. The number of carbonyl (C=O) groups excluding carboxylic acids is 1. The maximum absolute atomic E-state index is 13.2. The quantitative estimate of drug-likeness (QED) is 0.643. The Morgan fingerprint density at radius 3 is 2.66 bits per heavy atom. The highest BCUT2D eigenvalue weighted by Crippen LogP contribution is 2.31. The van der Waals surface area contributed by atoms with Crippen LogP contribution in [0, 0.1) is 11.9 Å². The molecule has 1 saturated heterocycles. The SMILES string of the molecule is CC(Nc1c(C(N)=O)nnc2ccc(-c3ccc(F)nc3)cc12)C1CCOCC1. The summed E-state index contributed by atoms with van der Waals surface area (Å²) in [6, 6.07) is 8.64. The summed E-state index contributed by atoms with van der Waals surface area (Å²) in [7, 11) is 0. The van der Waals surface area contributed by atoms with Crippen LogP contribution in [0.3, 0.4) is 0 Å². The molecular weight excluding hydrogens is 373 g/mol. The highest BCUT2D eigenvalue weighted by Gasteiger charge is 2.24. The average molecular weight is 395 g/mol. The molecule has 0 radical (unpaired) electrons. The standard InChI is InChI=1S/C21H22FN5O2/c1-12(13-6-8-29-9-7-13)25-19-16-10-14(15-3-5-18(22)24-11-15)2-4-17(16)26-27-20(19)21(23)28/h2-5,10-13H,6-9H2,1H3,(H2,23,28)(H,25,26). The van der Waals surface area contributed by atoms with E-state index in [1.807, 2.05) is 18.2 Å². The minimum absolute atomic E-state index is 0.0977. The molecule has 4 rings (SSSR count). The first-order chi connectivity index (χ1) is 14.0. The third-order valence-electron chi connectivity index (χ3n) is 5.40. The molecule has 0 bridgehead atoms. The van der Waals surface area contributed by atoms with E-state index in [2.05, 4.69) is 27.4 Å². The van der Waals surface area contributed by atoms with Gasteiger partial charge in [-0.1, -0.05) is 6.07 Å². The second-order valence-electron chi connectivity index (χ2n) is 7.27. The summed E-state index contributed by atoms with van der Waals surface area (Å²) >= 11 is 0. The fourth-order valence-corrected chi connectivity index (χ4v) is 3.71. The van der Waals surface area contributed by atoms with Crippen molar-refractivity contribution in [1.29, 1.82) is 0 Å². The van der Waals surface area contributed by atoms with Crippen molar-refractivity contribution in [3.05, 3.63) is 48.2 Å². The minimum Gasteiger partial charge on any atom is -0.381 e. The summed E-state index contributed by atoms with van der Waals surface area (Å²) in [5.41, 5.74) is 8.47. The number of fused-ring (bicyclic) bond motifs is 1. The van der Waals surface area contributed by atoms with E-state index in [-0.39, 0.29) is 11.7 Å². The van der Waals surface area contributed by atoms with Crippen LogP contribution < -0.4 is 11.1 Å². The lowest BCUT2D eigenvalue weighted by atomic mass is 9.92. The van der Waals surface area contributed by atoms with E-state index in [0.29, 0.717) is 17.1 Å². The number of pyridine rings is 1. The van der Waals surface area contributed by atoms with Crippen molar-refractivity contribution in [2.45, 2.75) is 25.8 Å². The zero-order valence-corrected chi connectivity index (χ0v) is 16.1. The Hall–Kier alpha value is -3.13. The van der Waals surface area contributed by atoms with E-state index in [9.17, 15) is 9.18 Å². The molecule has 150 valence electrons. The maximum atomic E-state index is 13.2. The van der Waals surface area contributed by atoms with Crippen LogP contribution in [0.5, 0.6) is 0 Å². The lowest BCUT2D eigenvalue weighted by Gasteiger charge is -2.29. The predicted molar refractivity (Wildman–Crippen MR) is 108 cm³/mol. The minimum atomic E-state index is -0.644. The summed E-state index contributed by atoms with van der Waals surface area (Å²) < 4.78 is 18.6. The summed E-state index contributed by atoms with van der Waals surface area (Å²) in [4.78, 5) is 15.7. The van der Waals surface area contributed by atoms with Crippen molar-refractivity contribution in [1.82, 2.24) is 15.2 Å². The topological polar surface area (TPSA) is 103 Å². The number of carbonyl (C=O) groups is 1. The van der Waals surface area contributed by atoms with Crippen LogP contribution in [0.15, 0.2) is 36.5 Å². The van der Waals surface area contributed by atoms with Gasteiger partial charge in [0.05, 0.1) is 11.2 Å². The Bertz CT molecular complexity index is 1040. The van der Waals surface area contributed by atoms with Gasteiger partial charge in [-0.25, -0.2) is 4.98 Å². The van der Waals surface area contributed by atoms with Crippen LogP contribution in [0.2, 0.25) is 0 Å². The molecule has 7 nitrogen and oxygen atoms in total. The van der Waals surface area contributed by atoms with Crippen molar-refractivity contribution in [2.24, 2.45) is 11.7 Å². The van der Waals surface area contributed by atoms with Gasteiger partial charge < -0.3 is 15.8 Å². The summed E-state index contributed by atoms with van der Waals surface area (Å²) in [5, 5.41) is 12.4. The van der Waals surface area contributed by atoms with Crippen molar-refractivity contribution >= 4 is 22.5 Å². The predicted octanol–water partition coefficient (Wildman–Crippen LogP) is 3.16. The van der Waals surface area contributed by atoms with Crippen LogP contribution in [0.25, 0.3) is 22.0 Å². The molecule has 1 aliphatic rings. The number of amides is 1. The van der Waals surface area contributed by atoms with E-state index in [1.165, 1.54) is 12.3 Å². The van der Waals surface area contributed by atoms with Gasteiger partial charge in [0.2, 0.25) is 5.95 Å². The number of benzene rings is 1. The molecule has 3 heterocycles. The summed E-state index contributed by atoms with van der Waals surface area (Å²) in [5.74, 6) is -0.767. The first-order valence-corrected chi connectivity index (χ1v) is 9.59. The van der Waals surface area contributed by atoms with Crippen LogP contribution >= 0.6 is 0 Å². The van der Waals surface area contributed by atoms with Crippen LogP contribution in [0.1, 0.15) is 30.3 Å². The van der Waals surface area contributed by atoms with Crippen molar-refractivity contribution in [3.8, 4) is 11.1 Å². The third kappa shape index (κ3) is 4.02. The number of hydrogen-bond donors (Lipinski definition) is 2. The number of anilines is 1. The Balaban J connectivity index is 1.78. The molecule has 2 aromatic heterocycles. The number of primary amides is 1. The van der Waals surface area contributed by atoms with Crippen LogP contribution in [-0.2, 0) is 4.74 Å². The number of nitrogens with two attached hydrogens (primary N) is 1. The summed E-state index contributed by atoms with van der Waals surface area (Å²) in [6.45, 7) is 3.55. The average Bonchev–Trinajstić information content (AvgIpc) is 2.74. The smallest absolute Gasteiger partial charge is 0.271 e. The van der Waals surface area contributed by atoms with Gasteiger partial charge in [-0.3, -0.25) is 4.79 Å². The molecule has 0 saturated carbocycles. The Labute approximate surface area is 167 Å². The van der Waals surface area contributed by atoms with Gasteiger partial charge in [-0.05, 0) is 55.5 Å². The molecule has 29 heavy (non-hydrogen) atoms. The second kappa shape index (κ2) is 8.08. The molecule has 1 unspecified atom stereocenters. The monoisotopic (exact) mass is 395 g/mol. The summed E-state index contributed by atoms with van der Waals surface area (Å²) in [6.07, 6.45) is 3.36. The van der Waals surface area contributed by atoms with Gasteiger partial charge in [0.15, 0.2) is 5.69 Å². The van der Waals surface area contributed by atoms with Crippen LogP contribution in [0.4, 0.5) is 10.1 Å². The van der Waals surface area contributed by atoms with Crippen molar-refractivity contribution in [2.75, 3.05) is 18.5 Å². The molecule has 0 aliphatic carbocycles. The number of hydrogen-bond acceptors (Lipinski definition) is 6. The molecular formula is C21H22FN5O2. The number of ether oxygens (including phenoxy) is 1. The molecule has 1 aliphatic heterocycles. The molecule has 1 amide bonds. The molecule has 3 N–H and O–H groups in total. The highest BCUT2D eigenvalue weighted by molar-refractivity contribution is 6.05. The fraction of sp³-hybridized carbons (Fsp3) is 0.333. The van der Waals surface area contributed by atoms with E-state index in [1.54, 1.807) is 6.07 Å². The third-order valence-corrected chi connectivity index (χ3v) is 5.40. The van der Waals surface area contributed by atoms with Crippen LogP contribution in [-0.4, -0.2) is 40.3 Å². The van der Waals surface area contributed by atoms with Crippen molar-refractivity contribution < 1.29 is 13.9 Å². The second-order valence-corrected chi connectivity index (χ2v) is 7.27. The number of nitrogens with zero attached hydrogens (tertiary/aromatic N) is 3. The van der Waals surface area contributed by atoms with Gasteiger partial charge in [-0.15, -0.1) is 10.2 Å². The van der Waals surface area contributed by atoms with E-state index >= 15 is 0 Å². The molecule has 0 spiro atoms. The maximum Gasteiger partial charge on any atom is 0.271 e. The first kappa shape index (κ1) is 19.2. The van der Waals surface area contributed by atoms with Gasteiger partial charge in [0.1, 0.15) is 0 Å². The van der Waals surface area contributed by atoms with Crippen molar-refractivity contribution in [3.63, 3.8) is 0 Å². The van der Waals surface area contributed by atoms with Gasteiger partial charge >= 0.3 is 0 Å². The molecule has 3 aromatic rings. The molecule has 1 fully saturated rings. The van der Waals surface area contributed by atoms with E-state index < -0.39 is 11.9 Å². The normalized spacial score (nSPS) is 15.9. The lowest BCUT2D eigenvalue weighted by molar-refractivity contribution is 0.0622. The molecule has 1 aromatic carbocycles. The fourth-order valence-electron chi connectivity index (χ4n) is 3.71. The van der Waals surface area contributed by atoms with E-state index in [0.717, 1.165) is 42.6 Å². The number of nitrogens with one attached hydrogen (secondary N) is 1. The Morgan fingerprint density at radius 1 is 1.21 bits per heavy atom. The number of rotatable bonds is 5. The zero-order chi connectivity index (χ0) is 20.4. The number of halogens is 1. The molecule has 1 atom stereocenters. The largest absolute Gasteiger partial charge is 0.381 e. The van der Waals surface area contributed by atoms with Gasteiger partial charge in [0, 0.05) is 36.4 Å². The van der Waals surface area contributed by atoms with Gasteiger partial charge in [-0.2, -0.15) is 4.39 Å². The highest BCUT2D eigenvalue weighted by atomic mass is 19.1.